The summed E-state index contributed by atoms with van der Waals surface area (Å²) in [5, 5.41) is 20.7. The molecule has 7 heteroatoms. The van der Waals surface area contributed by atoms with E-state index in [1.807, 2.05) is 0 Å². The lowest BCUT2D eigenvalue weighted by atomic mass is 10.3. The number of likely N-dealkylation sites (N-methyl/N-ethyl adjacent to an activating group) is 1. The predicted molar refractivity (Wildman–Crippen MR) is 64.9 cm³/mol. The molecule has 1 rings (SSSR count). The van der Waals surface area contributed by atoms with E-state index in [2.05, 4.69) is 5.32 Å². The van der Waals surface area contributed by atoms with E-state index in [9.17, 15) is 14.7 Å². The molecule has 0 spiro atoms. The smallest absolute Gasteiger partial charge is 0.309 e. The second-order valence-corrected chi connectivity index (χ2v) is 3.91. The molecule has 19 heavy (non-hydrogen) atoms. The summed E-state index contributed by atoms with van der Waals surface area (Å²) < 4.78 is 6.88. The zero-order valence-electron chi connectivity index (χ0n) is 10.8. The highest BCUT2D eigenvalue weighted by atomic mass is 16.5. The number of aliphatic carboxylic acids is 1. The maximum Gasteiger partial charge on any atom is 0.309 e. The van der Waals surface area contributed by atoms with Gasteiger partial charge in [-0.2, -0.15) is 4.57 Å². The molecule has 0 bridgehead atoms. The Labute approximate surface area is 110 Å². The Morgan fingerprint density at radius 1 is 1.47 bits per heavy atom. The Morgan fingerprint density at radius 3 is 2.74 bits per heavy atom. The first-order valence-corrected chi connectivity index (χ1v) is 5.73. The fraction of sp³-hybridized carbons (Fsp3) is 0.417. The largest absolute Gasteiger partial charge is 0.504 e. The van der Waals surface area contributed by atoms with Gasteiger partial charge in [0.1, 0.15) is 6.42 Å². The van der Waals surface area contributed by atoms with Crippen molar-refractivity contribution < 1.29 is 29.1 Å². The number of amides is 1. The van der Waals surface area contributed by atoms with Crippen molar-refractivity contribution in [2.24, 2.45) is 0 Å². The van der Waals surface area contributed by atoms with E-state index >= 15 is 0 Å². The lowest BCUT2D eigenvalue weighted by Gasteiger charge is -2.09. The Bertz CT molecular complexity index is 487. The minimum absolute atomic E-state index is 0.0365. The second-order valence-electron chi connectivity index (χ2n) is 3.91. The average molecular weight is 269 g/mol. The van der Waals surface area contributed by atoms with Gasteiger partial charge >= 0.3 is 5.97 Å². The molecular weight excluding hydrogens is 252 g/mol. The van der Waals surface area contributed by atoms with Crippen LogP contribution in [0.2, 0.25) is 0 Å². The normalized spacial score (nSPS) is 10.0. The summed E-state index contributed by atoms with van der Waals surface area (Å²) in [6, 6.07) is 1.40. The topological polar surface area (TPSA) is 99.7 Å². The number of ether oxygens (including phenoxy) is 1. The molecule has 1 amide bonds. The number of hydrogen-bond donors (Lipinski definition) is 3. The minimum atomic E-state index is -0.909. The molecular formula is C12H17N2O5+. The zero-order chi connectivity index (χ0) is 14.4. The molecule has 0 aromatic carbocycles. The molecule has 1 heterocycles. The number of carbonyl (C=O) groups is 2. The molecule has 0 saturated carbocycles. The van der Waals surface area contributed by atoms with Gasteiger partial charge in [-0.1, -0.05) is 0 Å². The molecule has 0 aliphatic rings. The number of pyridine rings is 1. The predicted octanol–water partition coefficient (Wildman–Crippen LogP) is -0.412. The summed E-state index contributed by atoms with van der Waals surface area (Å²) in [5.41, 5.74) is 0.560. The summed E-state index contributed by atoms with van der Waals surface area (Å²) in [6.07, 6.45) is 1.53. The van der Waals surface area contributed by atoms with E-state index in [4.69, 9.17) is 9.84 Å². The van der Waals surface area contributed by atoms with Crippen molar-refractivity contribution >= 4 is 11.9 Å². The van der Waals surface area contributed by atoms with Crippen molar-refractivity contribution in [3.05, 3.63) is 18.0 Å². The van der Waals surface area contributed by atoms with Crippen LogP contribution in [0.4, 0.5) is 0 Å². The summed E-state index contributed by atoms with van der Waals surface area (Å²) in [5.74, 6) is -1.14. The number of carboxylic acid groups (broad SMARTS) is 1. The number of aromatic hydroxyl groups is 1. The van der Waals surface area contributed by atoms with E-state index in [0.717, 1.165) is 0 Å². The first-order valence-electron chi connectivity index (χ1n) is 5.73. The first-order chi connectivity index (χ1) is 8.95. The van der Waals surface area contributed by atoms with Crippen LogP contribution in [-0.2, 0) is 16.1 Å². The number of hydrogen-bond acceptors (Lipinski definition) is 4. The quantitative estimate of drug-likeness (QED) is 0.609. The first kappa shape index (κ1) is 14.7. The number of aryl methyl sites for hydroxylation is 1. The maximum atomic E-state index is 11.1. The highest BCUT2D eigenvalue weighted by Crippen LogP contribution is 2.26. The molecule has 0 atom stereocenters. The number of carboxylic acids is 1. The van der Waals surface area contributed by atoms with Crippen LogP contribution in [-0.4, -0.2) is 35.7 Å². The van der Waals surface area contributed by atoms with Crippen molar-refractivity contribution in [2.75, 3.05) is 13.7 Å². The van der Waals surface area contributed by atoms with Crippen molar-refractivity contribution in [2.45, 2.75) is 19.9 Å². The molecule has 0 fully saturated rings. The molecule has 0 aliphatic heterocycles. The third-order valence-electron chi connectivity index (χ3n) is 2.60. The van der Waals surface area contributed by atoms with Gasteiger partial charge in [-0.25, -0.2) is 0 Å². The van der Waals surface area contributed by atoms with E-state index in [0.29, 0.717) is 5.69 Å². The van der Waals surface area contributed by atoms with Gasteiger partial charge in [-0.3, -0.25) is 9.59 Å². The summed E-state index contributed by atoms with van der Waals surface area (Å²) in [4.78, 5) is 21.6. The fourth-order valence-electron chi connectivity index (χ4n) is 1.51. The monoisotopic (exact) mass is 269 g/mol. The molecule has 0 saturated heterocycles. The van der Waals surface area contributed by atoms with Gasteiger partial charge in [0, 0.05) is 20.0 Å². The molecule has 0 unspecified atom stereocenters. The fourth-order valence-corrected chi connectivity index (χ4v) is 1.51. The number of carbonyl (C=O) groups excluding carboxylic acids is 1. The third-order valence-corrected chi connectivity index (χ3v) is 2.60. The van der Waals surface area contributed by atoms with Crippen LogP contribution in [0.25, 0.3) is 0 Å². The molecule has 3 N–H and O–H groups in total. The van der Waals surface area contributed by atoms with E-state index in [-0.39, 0.29) is 37.0 Å². The standard InChI is InChI=1S/C12H16N2O5/c1-8-12(19-7-10(16)13-2)9(15)3-5-14(8)6-4-11(17)18/h3,5H,4,6-7H2,1-2H3,(H2,13,16,17,18)/p+1. The van der Waals surface area contributed by atoms with Crippen molar-refractivity contribution in [3.8, 4) is 11.5 Å². The molecule has 1 aromatic heterocycles. The number of rotatable bonds is 6. The molecule has 0 aliphatic carbocycles. The van der Waals surface area contributed by atoms with Crippen molar-refractivity contribution in [3.63, 3.8) is 0 Å². The van der Waals surface area contributed by atoms with Crippen LogP contribution >= 0.6 is 0 Å². The van der Waals surface area contributed by atoms with Gasteiger partial charge in [0.25, 0.3) is 5.91 Å². The molecule has 104 valence electrons. The zero-order valence-corrected chi connectivity index (χ0v) is 10.8. The Balaban J connectivity index is 2.87. The van der Waals surface area contributed by atoms with E-state index in [1.165, 1.54) is 13.1 Å². The Kier molecular flexibility index (Phi) is 5.11. The molecule has 7 nitrogen and oxygen atoms in total. The van der Waals surface area contributed by atoms with Crippen molar-refractivity contribution in [1.29, 1.82) is 0 Å². The van der Waals surface area contributed by atoms with E-state index in [1.54, 1.807) is 17.7 Å². The highest BCUT2D eigenvalue weighted by molar-refractivity contribution is 5.77. The lowest BCUT2D eigenvalue weighted by Crippen LogP contribution is -2.38. The number of nitrogens with one attached hydrogen (secondary N) is 1. The average Bonchev–Trinajstić information content (AvgIpc) is 2.37. The lowest BCUT2D eigenvalue weighted by molar-refractivity contribution is -0.702. The second kappa shape index (κ2) is 6.58. The van der Waals surface area contributed by atoms with Gasteiger partial charge < -0.3 is 20.3 Å². The van der Waals surface area contributed by atoms with E-state index < -0.39 is 5.97 Å². The summed E-state index contributed by atoms with van der Waals surface area (Å²) >= 11 is 0. The van der Waals surface area contributed by atoms with Crippen LogP contribution in [0.1, 0.15) is 12.1 Å². The van der Waals surface area contributed by atoms with Crippen LogP contribution < -0.4 is 14.6 Å². The molecule has 0 radical (unpaired) electrons. The van der Waals surface area contributed by atoms with Gasteiger partial charge in [0.05, 0.1) is 0 Å². The van der Waals surface area contributed by atoms with Crippen LogP contribution in [0.5, 0.6) is 11.5 Å². The van der Waals surface area contributed by atoms with Gasteiger partial charge in [0.15, 0.2) is 25.1 Å². The van der Waals surface area contributed by atoms with Crippen LogP contribution in [0.15, 0.2) is 12.3 Å². The van der Waals surface area contributed by atoms with Gasteiger partial charge in [-0.15, -0.1) is 0 Å². The highest BCUT2D eigenvalue weighted by Gasteiger charge is 2.19. The number of nitrogens with zero attached hydrogens (tertiary/aromatic N) is 1. The maximum absolute atomic E-state index is 11.1. The summed E-state index contributed by atoms with van der Waals surface area (Å²) in [6.45, 7) is 1.73. The SMILES string of the molecule is CNC(=O)COc1c(O)cc[n+](CCC(=O)O)c1C. The minimum Gasteiger partial charge on any atom is -0.504 e. The third kappa shape index (κ3) is 4.13. The van der Waals surface area contributed by atoms with Gasteiger partial charge in [0.2, 0.25) is 11.4 Å². The Morgan fingerprint density at radius 2 is 2.16 bits per heavy atom. The van der Waals surface area contributed by atoms with Gasteiger partial charge in [-0.05, 0) is 0 Å². The van der Waals surface area contributed by atoms with Crippen molar-refractivity contribution in [1.82, 2.24) is 5.32 Å². The number of aromatic nitrogens is 1. The van der Waals surface area contributed by atoms with Crippen LogP contribution in [0, 0.1) is 6.92 Å². The summed E-state index contributed by atoms with van der Waals surface area (Å²) in [7, 11) is 1.48. The molecule has 1 aromatic rings. The Hall–Kier alpha value is -2.31. The van der Waals surface area contributed by atoms with Crippen LogP contribution in [0.3, 0.4) is 0 Å².